The summed E-state index contributed by atoms with van der Waals surface area (Å²) < 4.78 is 22.9. The lowest BCUT2D eigenvalue weighted by atomic mass is 10.1. The topological polar surface area (TPSA) is 52.6 Å². The second-order valence-electron chi connectivity index (χ2n) is 3.33. The van der Waals surface area contributed by atoms with Crippen molar-refractivity contribution >= 4 is 11.8 Å². The Morgan fingerprint density at radius 3 is 2.53 bits per heavy atom. The molecule has 4 nitrogen and oxygen atoms in total. The Morgan fingerprint density at radius 2 is 2.00 bits per heavy atom. The van der Waals surface area contributed by atoms with Gasteiger partial charge in [0.2, 0.25) is 0 Å². The van der Waals surface area contributed by atoms with Crippen LogP contribution < -0.4 is 4.74 Å². The zero-order valence-electron chi connectivity index (χ0n) is 9.87. The second kappa shape index (κ2) is 5.43. The van der Waals surface area contributed by atoms with Crippen LogP contribution in [0.2, 0.25) is 0 Å². The van der Waals surface area contributed by atoms with E-state index in [0.717, 1.165) is 6.07 Å². The minimum Gasteiger partial charge on any atom is -0.496 e. The third kappa shape index (κ3) is 2.81. The molecule has 0 bridgehead atoms. The molecule has 1 aromatic carbocycles. The van der Waals surface area contributed by atoms with E-state index in [2.05, 4.69) is 4.74 Å². The van der Waals surface area contributed by atoms with E-state index in [1.54, 1.807) is 6.92 Å². The van der Waals surface area contributed by atoms with Crippen LogP contribution in [0.3, 0.4) is 0 Å². The molecule has 0 aliphatic carbocycles. The first-order valence-corrected chi connectivity index (χ1v) is 5.06. The van der Waals surface area contributed by atoms with Crippen LogP contribution in [0.1, 0.15) is 22.8 Å². The molecule has 0 aliphatic heterocycles. The average Bonchev–Trinajstić information content (AvgIpc) is 2.31. The molecule has 0 saturated heterocycles. The van der Waals surface area contributed by atoms with E-state index < -0.39 is 17.6 Å². The molecule has 0 radical (unpaired) electrons. The molecule has 17 heavy (non-hydrogen) atoms. The summed E-state index contributed by atoms with van der Waals surface area (Å²) in [5.41, 5.74) is 0.205. The minimum absolute atomic E-state index is 0.0802. The van der Waals surface area contributed by atoms with Crippen LogP contribution in [0.5, 0.6) is 5.75 Å². The number of rotatable bonds is 4. The Kier molecular flexibility index (Phi) is 4.20. The van der Waals surface area contributed by atoms with Crippen molar-refractivity contribution in [3.63, 3.8) is 0 Å². The predicted molar refractivity (Wildman–Crippen MR) is 58.7 cm³/mol. The lowest BCUT2D eigenvalue weighted by Crippen LogP contribution is -2.18. The van der Waals surface area contributed by atoms with Crippen molar-refractivity contribution < 1.29 is 23.5 Å². The first-order chi connectivity index (χ1) is 8.01. The van der Waals surface area contributed by atoms with Gasteiger partial charge in [-0.1, -0.05) is 0 Å². The molecular formula is C12H13FO4. The van der Waals surface area contributed by atoms with Crippen molar-refractivity contribution in [1.82, 2.24) is 0 Å². The zero-order valence-corrected chi connectivity index (χ0v) is 9.87. The smallest absolute Gasteiger partial charge is 0.379 e. The molecule has 0 atom stereocenters. The number of ether oxygens (including phenoxy) is 2. The molecule has 0 amide bonds. The Morgan fingerprint density at radius 1 is 1.35 bits per heavy atom. The summed E-state index contributed by atoms with van der Waals surface area (Å²) in [7, 11) is 1.36. The fourth-order valence-corrected chi connectivity index (χ4v) is 1.31. The van der Waals surface area contributed by atoms with Gasteiger partial charge < -0.3 is 9.47 Å². The molecule has 1 aromatic rings. The maximum absolute atomic E-state index is 13.5. The highest BCUT2D eigenvalue weighted by molar-refractivity contribution is 6.40. The second-order valence-corrected chi connectivity index (χ2v) is 3.33. The van der Waals surface area contributed by atoms with Gasteiger partial charge in [-0.3, -0.25) is 4.79 Å². The van der Waals surface area contributed by atoms with Crippen molar-refractivity contribution in [2.45, 2.75) is 13.8 Å². The van der Waals surface area contributed by atoms with Crippen molar-refractivity contribution in [2.75, 3.05) is 13.7 Å². The van der Waals surface area contributed by atoms with Crippen LogP contribution in [-0.4, -0.2) is 25.5 Å². The molecule has 0 aliphatic rings. The maximum Gasteiger partial charge on any atom is 0.379 e. The van der Waals surface area contributed by atoms with Gasteiger partial charge in [0.05, 0.1) is 13.7 Å². The third-order valence-corrected chi connectivity index (χ3v) is 2.24. The number of esters is 1. The van der Waals surface area contributed by atoms with Crippen LogP contribution in [0.4, 0.5) is 4.39 Å². The molecule has 0 unspecified atom stereocenters. The van der Waals surface area contributed by atoms with Gasteiger partial charge in [-0.25, -0.2) is 9.18 Å². The van der Waals surface area contributed by atoms with Gasteiger partial charge in [0.25, 0.3) is 5.78 Å². The number of ketones is 1. The Labute approximate surface area is 98.3 Å². The van der Waals surface area contributed by atoms with E-state index >= 15 is 0 Å². The third-order valence-electron chi connectivity index (χ3n) is 2.24. The van der Waals surface area contributed by atoms with Gasteiger partial charge in [-0.2, -0.15) is 0 Å². The highest BCUT2D eigenvalue weighted by Crippen LogP contribution is 2.23. The lowest BCUT2D eigenvalue weighted by Gasteiger charge is -2.08. The number of carbonyl (C=O) groups excluding carboxylic acids is 2. The fourth-order valence-electron chi connectivity index (χ4n) is 1.31. The Hall–Kier alpha value is -1.91. The molecule has 5 heteroatoms. The molecule has 92 valence electrons. The molecule has 0 aromatic heterocycles. The van der Waals surface area contributed by atoms with Crippen LogP contribution in [0, 0.1) is 12.7 Å². The number of benzene rings is 1. The van der Waals surface area contributed by atoms with E-state index in [1.807, 2.05) is 0 Å². The number of carbonyl (C=O) groups is 2. The predicted octanol–water partition coefficient (Wildman–Crippen LogP) is 1.89. The summed E-state index contributed by atoms with van der Waals surface area (Å²) in [6, 6.07) is 2.31. The largest absolute Gasteiger partial charge is 0.496 e. The molecule has 0 spiro atoms. The summed E-state index contributed by atoms with van der Waals surface area (Å²) in [4.78, 5) is 22.8. The lowest BCUT2D eigenvalue weighted by molar-refractivity contribution is -0.137. The summed E-state index contributed by atoms with van der Waals surface area (Å²) in [5.74, 6) is -2.27. The number of hydrogen-bond donors (Lipinski definition) is 0. The van der Waals surface area contributed by atoms with Gasteiger partial charge in [-0.15, -0.1) is 0 Å². The van der Waals surface area contributed by atoms with Crippen LogP contribution >= 0.6 is 0 Å². The number of methoxy groups -OCH3 is 1. The SMILES string of the molecule is CCOC(=O)C(=O)c1cc(F)c(C)c(OC)c1. The van der Waals surface area contributed by atoms with E-state index in [9.17, 15) is 14.0 Å². The molecule has 0 fully saturated rings. The molecule has 0 heterocycles. The molecular weight excluding hydrogens is 227 g/mol. The zero-order chi connectivity index (χ0) is 13.0. The summed E-state index contributed by atoms with van der Waals surface area (Å²) in [5, 5.41) is 0. The van der Waals surface area contributed by atoms with E-state index in [4.69, 9.17) is 4.74 Å². The normalized spacial score (nSPS) is 9.88. The van der Waals surface area contributed by atoms with E-state index in [0.29, 0.717) is 0 Å². The van der Waals surface area contributed by atoms with Gasteiger partial charge in [0, 0.05) is 11.1 Å². The molecule has 1 rings (SSSR count). The highest BCUT2D eigenvalue weighted by atomic mass is 19.1. The van der Waals surface area contributed by atoms with Gasteiger partial charge >= 0.3 is 5.97 Å². The van der Waals surface area contributed by atoms with Crippen LogP contribution in [0.15, 0.2) is 12.1 Å². The van der Waals surface area contributed by atoms with Crippen molar-refractivity contribution in [3.8, 4) is 5.75 Å². The minimum atomic E-state index is -1.00. The quantitative estimate of drug-likeness (QED) is 0.458. The highest BCUT2D eigenvalue weighted by Gasteiger charge is 2.20. The van der Waals surface area contributed by atoms with Crippen molar-refractivity contribution in [2.24, 2.45) is 0 Å². The standard InChI is InChI=1S/C12H13FO4/c1-4-17-12(15)11(14)8-5-9(13)7(2)10(6-8)16-3/h5-6H,4H2,1-3H3. The summed E-state index contributed by atoms with van der Waals surface area (Å²) >= 11 is 0. The Bertz CT molecular complexity index is 454. The number of halogens is 1. The molecule has 0 saturated carbocycles. The van der Waals surface area contributed by atoms with Crippen LogP contribution in [-0.2, 0) is 9.53 Å². The van der Waals surface area contributed by atoms with Gasteiger partial charge in [0.15, 0.2) is 0 Å². The molecule has 0 N–H and O–H groups in total. The Balaban J connectivity index is 3.11. The van der Waals surface area contributed by atoms with Gasteiger partial charge in [0.1, 0.15) is 11.6 Å². The van der Waals surface area contributed by atoms with E-state index in [1.165, 1.54) is 20.1 Å². The summed E-state index contributed by atoms with van der Waals surface area (Å²) in [6.07, 6.45) is 0. The van der Waals surface area contributed by atoms with Crippen molar-refractivity contribution in [1.29, 1.82) is 0 Å². The first kappa shape index (κ1) is 13.2. The monoisotopic (exact) mass is 240 g/mol. The van der Waals surface area contributed by atoms with Crippen LogP contribution in [0.25, 0.3) is 0 Å². The first-order valence-electron chi connectivity index (χ1n) is 5.06. The number of Topliss-reactive ketones (excluding diaryl/α,β-unsaturated/α-hetero) is 1. The summed E-state index contributed by atoms with van der Waals surface area (Å²) in [6.45, 7) is 3.20. The average molecular weight is 240 g/mol. The van der Waals surface area contributed by atoms with E-state index in [-0.39, 0.29) is 23.5 Å². The van der Waals surface area contributed by atoms with Crippen molar-refractivity contribution in [3.05, 3.63) is 29.1 Å². The van der Waals surface area contributed by atoms with Gasteiger partial charge in [-0.05, 0) is 26.0 Å². The fraction of sp³-hybridized carbons (Fsp3) is 0.333. The maximum atomic E-state index is 13.5. The number of hydrogen-bond acceptors (Lipinski definition) is 4.